The van der Waals surface area contributed by atoms with Crippen LogP contribution in [0, 0.1) is 0 Å². The number of carbonyl (C=O) groups excluding carboxylic acids is 1. The van der Waals surface area contributed by atoms with Gasteiger partial charge in [-0.25, -0.2) is 8.42 Å². The van der Waals surface area contributed by atoms with Crippen LogP contribution in [0.25, 0.3) is 0 Å². The van der Waals surface area contributed by atoms with Crippen molar-refractivity contribution >= 4 is 21.6 Å². The number of rotatable bonds is 8. The fraction of sp³-hybridized carbons (Fsp3) is 0.316. The number of carbonyl (C=O) groups is 1. The Balaban J connectivity index is 2.23. The molecule has 0 saturated carbocycles. The van der Waals surface area contributed by atoms with E-state index in [0.29, 0.717) is 23.7 Å². The van der Waals surface area contributed by atoms with Crippen molar-refractivity contribution in [2.45, 2.75) is 6.54 Å². The zero-order chi connectivity index (χ0) is 20.0. The minimum absolute atomic E-state index is 0.308. The van der Waals surface area contributed by atoms with Crippen molar-refractivity contribution in [3.8, 4) is 11.5 Å². The van der Waals surface area contributed by atoms with Crippen molar-refractivity contribution < 1.29 is 22.7 Å². The highest BCUT2D eigenvalue weighted by Gasteiger charge is 2.24. The van der Waals surface area contributed by atoms with E-state index < -0.39 is 10.0 Å². The average molecular weight is 392 g/mol. The molecule has 27 heavy (non-hydrogen) atoms. The Morgan fingerprint density at radius 3 is 2.19 bits per heavy atom. The molecule has 0 fully saturated rings. The van der Waals surface area contributed by atoms with Gasteiger partial charge in [-0.1, -0.05) is 30.3 Å². The minimum atomic E-state index is -3.67. The number of sulfonamides is 1. The second-order valence-corrected chi connectivity index (χ2v) is 7.95. The molecule has 0 bridgehead atoms. The van der Waals surface area contributed by atoms with Gasteiger partial charge in [-0.05, 0) is 17.7 Å². The number of amides is 1. The molecule has 8 heteroatoms. The molecule has 0 aliphatic carbocycles. The van der Waals surface area contributed by atoms with Crippen molar-refractivity contribution in [3.05, 3.63) is 54.1 Å². The molecule has 1 amide bonds. The van der Waals surface area contributed by atoms with Gasteiger partial charge in [0.25, 0.3) is 0 Å². The summed E-state index contributed by atoms with van der Waals surface area (Å²) in [6, 6.07) is 14.2. The van der Waals surface area contributed by atoms with Crippen LogP contribution < -0.4 is 13.8 Å². The van der Waals surface area contributed by atoms with Crippen LogP contribution in [0.1, 0.15) is 5.56 Å². The first-order valence-electron chi connectivity index (χ1n) is 8.24. The van der Waals surface area contributed by atoms with E-state index in [-0.39, 0.29) is 12.5 Å². The largest absolute Gasteiger partial charge is 0.493 e. The number of ether oxygens (including phenoxy) is 2. The summed E-state index contributed by atoms with van der Waals surface area (Å²) in [6.07, 6.45) is 1.06. The summed E-state index contributed by atoms with van der Waals surface area (Å²) < 4.78 is 36.0. The van der Waals surface area contributed by atoms with Gasteiger partial charge in [0.1, 0.15) is 6.54 Å². The SMILES string of the molecule is COc1ccc(N(CC(=O)N(C)Cc2ccccc2)S(C)(=O)=O)cc1OC. The lowest BCUT2D eigenvalue weighted by Crippen LogP contribution is -2.41. The average Bonchev–Trinajstić information content (AvgIpc) is 2.65. The highest BCUT2D eigenvalue weighted by atomic mass is 32.2. The zero-order valence-corrected chi connectivity index (χ0v) is 16.7. The van der Waals surface area contributed by atoms with E-state index in [0.717, 1.165) is 16.1 Å². The van der Waals surface area contributed by atoms with Gasteiger partial charge in [0.05, 0.1) is 26.2 Å². The molecule has 2 aromatic carbocycles. The van der Waals surface area contributed by atoms with Crippen molar-refractivity contribution in [2.24, 2.45) is 0 Å². The summed E-state index contributed by atoms with van der Waals surface area (Å²) in [5, 5.41) is 0. The normalized spacial score (nSPS) is 11.0. The Kier molecular flexibility index (Phi) is 6.68. The second-order valence-electron chi connectivity index (χ2n) is 6.04. The molecule has 0 unspecified atom stereocenters. The molecule has 146 valence electrons. The molecule has 0 aliphatic rings. The molecule has 0 N–H and O–H groups in total. The number of likely N-dealkylation sites (N-methyl/N-ethyl adjacent to an activating group) is 1. The summed E-state index contributed by atoms with van der Waals surface area (Å²) >= 11 is 0. The van der Waals surface area contributed by atoms with Crippen LogP contribution in [0.4, 0.5) is 5.69 Å². The minimum Gasteiger partial charge on any atom is -0.493 e. The standard InChI is InChI=1S/C19H24N2O5S/c1-20(13-15-8-6-5-7-9-15)19(22)14-21(27(4,23)24)16-10-11-17(25-2)18(12-16)26-3/h5-12H,13-14H2,1-4H3. The van der Waals surface area contributed by atoms with Crippen molar-refractivity contribution in [2.75, 3.05) is 38.4 Å². The summed E-state index contributed by atoms with van der Waals surface area (Å²) in [7, 11) is 0.926. The maximum Gasteiger partial charge on any atom is 0.243 e. The smallest absolute Gasteiger partial charge is 0.243 e. The zero-order valence-electron chi connectivity index (χ0n) is 15.9. The number of benzene rings is 2. The van der Waals surface area contributed by atoms with E-state index in [4.69, 9.17) is 9.47 Å². The number of hydrogen-bond donors (Lipinski definition) is 0. The van der Waals surface area contributed by atoms with Gasteiger partial charge >= 0.3 is 0 Å². The molecule has 0 spiro atoms. The lowest BCUT2D eigenvalue weighted by molar-refractivity contribution is -0.128. The van der Waals surface area contributed by atoms with E-state index in [2.05, 4.69) is 0 Å². The summed E-state index contributed by atoms with van der Waals surface area (Å²) in [5.74, 6) is 0.537. The molecular weight excluding hydrogens is 368 g/mol. The van der Waals surface area contributed by atoms with Crippen LogP contribution in [0.3, 0.4) is 0 Å². The van der Waals surface area contributed by atoms with Crippen molar-refractivity contribution in [3.63, 3.8) is 0 Å². The van der Waals surface area contributed by atoms with Gasteiger partial charge < -0.3 is 14.4 Å². The molecule has 0 radical (unpaired) electrons. The summed E-state index contributed by atoms with van der Waals surface area (Å²) in [5.41, 5.74) is 1.29. The van der Waals surface area contributed by atoms with E-state index in [1.54, 1.807) is 19.2 Å². The van der Waals surface area contributed by atoms with Crippen LogP contribution >= 0.6 is 0 Å². The molecule has 2 rings (SSSR count). The predicted molar refractivity (Wildman–Crippen MR) is 105 cm³/mol. The van der Waals surface area contributed by atoms with E-state index in [1.165, 1.54) is 25.2 Å². The van der Waals surface area contributed by atoms with Crippen LogP contribution in [-0.4, -0.2) is 53.3 Å². The van der Waals surface area contributed by atoms with E-state index in [1.807, 2.05) is 30.3 Å². The third-order valence-corrected chi connectivity index (χ3v) is 5.16. The summed E-state index contributed by atoms with van der Waals surface area (Å²) in [4.78, 5) is 14.1. The number of anilines is 1. The molecule has 2 aromatic rings. The first kappa shape index (κ1) is 20.6. The lowest BCUT2D eigenvalue weighted by atomic mass is 10.2. The maximum absolute atomic E-state index is 12.6. The van der Waals surface area contributed by atoms with Gasteiger partial charge in [-0.2, -0.15) is 0 Å². The number of hydrogen-bond acceptors (Lipinski definition) is 5. The Morgan fingerprint density at radius 2 is 1.63 bits per heavy atom. The van der Waals surface area contributed by atoms with Gasteiger partial charge in [-0.3, -0.25) is 9.10 Å². The molecule has 0 aliphatic heterocycles. The van der Waals surface area contributed by atoms with Crippen LogP contribution in [0.5, 0.6) is 11.5 Å². The fourth-order valence-electron chi connectivity index (χ4n) is 2.57. The Labute approximate surface area is 160 Å². The first-order chi connectivity index (χ1) is 12.8. The van der Waals surface area contributed by atoms with E-state index >= 15 is 0 Å². The Hall–Kier alpha value is -2.74. The quantitative estimate of drug-likeness (QED) is 0.688. The fourth-order valence-corrected chi connectivity index (χ4v) is 3.41. The van der Waals surface area contributed by atoms with Crippen LogP contribution in [0.2, 0.25) is 0 Å². The van der Waals surface area contributed by atoms with Crippen molar-refractivity contribution in [1.29, 1.82) is 0 Å². The molecule has 0 heterocycles. The number of nitrogens with zero attached hydrogens (tertiary/aromatic N) is 2. The molecule has 7 nitrogen and oxygen atoms in total. The monoisotopic (exact) mass is 392 g/mol. The number of methoxy groups -OCH3 is 2. The third-order valence-electron chi connectivity index (χ3n) is 4.02. The predicted octanol–water partition coefficient (Wildman–Crippen LogP) is 2.13. The van der Waals surface area contributed by atoms with Gasteiger partial charge in [0.15, 0.2) is 11.5 Å². The second kappa shape index (κ2) is 8.77. The van der Waals surface area contributed by atoms with Crippen LogP contribution in [0.15, 0.2) is 48.5 Å². The Morgan fingerprint density at radius 1 is 1.00 bits per heavy atom. The highest BCUT2D eigenvalue weighted by Crippen LogP contribution is 2.32. The maximum atomic E-state index is 12.6. The van der Waals surface area contributed by atoms with Crippen molar-refractivity contribution in [1.82, 2.24) is 4.90 Å². The highest BCUT2D eigenvalue weighted by molar-refractivity contribution is 7.92. The topological polar surface area (TPSA) is 76.2 Å². The van der Waals surface area contributed by atoms with E-state index in [9.17, 15) is 13.2 Å². The molecular formula is C19H24N2O5S. The lowest BCUT2D eigenvalue weighted by Gasteiger charge is -2.25. The third kappa shape index (κ3) is 5.37. The Bertz CT molecular complexity index is 884. The van der Waals surface area contributed by atoms with Gasteiger partial charge in [0, 0.05) is 19.7 Å². The molecule has 0 saturated heterocycles. The molecule has 0 atom stereocenters. The summed E-state index contributed by atoms with van der Waals surface area (Å²) in [6.45, 7) is 0.0842. The van der Waals surface area contributed by atoms with Gasteiger partial charge in [-0.15, -0.1) is 0 Å². The molecule has 0 aromatic heterocycles. The first-order valence-corrected chi connectivity index (χ1v) is 10.1. The van der Waals surface area contributed by atoms with Gasteiger partial charge in [0.2, 0.25) is 15.9 Å². The van der Waals surface area contributed by atoms with Crippen LogP contribution in [-0.2, 0) is 21.4 Å².